The van der Waals surface area contributed by atoms with E-state index in [9.17, 15) is 4.79 Å². The highest BCUT2D eigenvalue weighted by atomic mass is 16.5. The lowest BCUT2D eigenvalue weighted by Crippen LogP contribution is -2.30. The Balaban J connectivity index is 1.36. The molecular formula is C28H29N5O3. The molecule has 8 nitrogen and oxygen atoms in total. The number of benzene rings is 3. The number of ether oxygens (including phenoxy) is 1. The quantitative estimate of drug-likeness (QED) is 0.274. The maximum atomic E-state index is 13.7. The van der Waals surface area contributed by atoms with Crippen LogP contribution in [0.25, 0.3) is 21.7 Å². The summed E-state index contributed by atoms with van der Waals surface area (Å²) in [5, 5.41) is 16.8. The summed E-state index contributed by atoms with van der Waals surface area (Å²) >= 11 is 0. The van der Waals surface area contributed by atoms with E-state index in [1.807, 2.05) is 54.3 Å². The second-order valence-electron chi connectivity index (χ2n) is 8.78. The molecule has 0 radical (unpaired) electrons. The first-order valence-corrected chi connectivity index (χ1v) is 12.3. The molecule has 36 heavy (non-hydrogen) atoms. The number of carbonyl (C=O) groups excluding carboxylic acids is 1. The minimum absolute atomic E-state index is 0.0128. The van der Waals surface area contributed by atoms with Gasteiger partial charge in [-0.25, -0.2) is 0 Å². The number of amides is 1. The van der Waals surface area contributed by atoms with Crippen LogP contribution in [0.2, 0.25) is 0 Å². The zero-order chi connectivity index (χ0) is 24.9. The Bertz CT molecular complexity index is 1480. The monoisotopic (exact) mass is 483 g/mol. The maximum absolute atomic E-state index is 13.7. The third-order valence-electron chi connectivity index (χ3n) is 6.32. The predicted molar refractivity (Wildman–Crippen MR) is 138 cm³/mol. The smallest absolute Gasteiger partial charge is 0.258 e. The highest BCUT2D eigenvalue weighted by Crippen LogP contribution is 2.29. The van der Waals surface area contributed by atoms with Crippen molar-refractivity contribution in [2.75, 3.05) is 6.54 Å². The second-order valence-corrected chi connectivity index (χ2v) is 8.78. The summed E-state index contributed by atoms with van der Waals surface area (Å²) in [6.07, 6.45) is 2.79. The van der Waals surface area contributed by atoms with E-state index in [-0.39, 0.29) is 12.5 Å². The number of aromatic nitrogens is 4. The first-order valence-electron chi connectivity index (χ1n) is 12.3. The summed E-state index contributed by atoms with van der Waals surface area (Å²) in [5.74, 6) is 2.03. The standard InChI is InChI=1S/C28H29N5O3/c1-3-5-9-25-27(23-8-6-7-10-24(23)36-25)28(34)33(4-2)17-19-11-12-21-16-22(14-13-20(21)15-19)35-18-26-29-31-32-30-26/h6-8,10-16H,3-5,9,17-18H2,1-2H3,(H,29,30,31,32). The van der Waals surface area contributed by atoms with Crippen LogP contribution in [0.3, 0.4) is 0 Å². The minimum Gasteiger partial charge on any atom is -0.485 e. The van der Waals surface area contributed by atoms with Gasteiger partial charge < -0.3 is 14.1 Å². The van der Waals surface area contributed by atoms with Crippen molar-refractivity contribution in [2.45, 2.75) is 46.3 Å². The molecule has 0 bridgehead atoms. The van der Waals surface area contributed by atoms with Crippen LogP contribution in [0.15, 0.2) is 65.1 Å². The molecule has 3 aromatic carbocycles. The van der Waals surface area contributed by atoms with E-state index in [1.54, 1.807) is 0 Å². The fourth-order valence-corrected chi connectivity index (χ4v) is 4.40. The van der Waals surface area contributed by atoms with E-state index in [0.717, 1.165) is 58.1 Å². The number of aromatic amines is 1. The summed E-state index contributed by atoms with van der Waals surface area (Å²) in [7, 11) is 0. The number of aryl methyl sites for hydroxylation is 1. The molecule has 5 aromatic rings. The number of carbonyl (C=O) groups is 1. The van der Waals surface area contributed by atoms with Gasteiger partial charge in [0.25, 0.3) is 5.91 Å². The number of hydrogen-bond acceptors (Lipinski definition) is 6. The first kappa shape index (κ1) is 23.5. The van der Waals surface area contributed by atoms with E-state index in [0.29, 0.717) is 24.5 Å². The van der Waals surface area contributed by atoms with Crippen molar-refractivity contribution in [3.8, 4) is 5.75 Å². The molecule has 0 fully saturated rings. The average molecular weight is 484 g/mol. The summed E-state index contributed by atoms with van der Waals surface area (Å²) in [5.41, 5.74) is 2.54. The molecule has 5 rings (SSSR count). The molecule has 0 unspecified atom stereocenters. The molecule has 0 saturated carbocycles. The fourth-order valence-electron chi connectivity index (χ4n) is 4.40. The number of rotatable bonds is 10. The predicted octanol–water partition coefficient (Wildman–Crippen LogP) is 5.68. The van der Waals surface area contributed by atoms with Gasteiger partial charge >= 0.3 is 0 Å². The topological polar surface area (TPSA) is 97.1 Å². The van der Waals surface area contributed by atoms with Crippen molar-refractivity contribution >= 4 is 27.6 Å². The molecule has 0 aliphatic heterocycles. The maximum Gasteiger partial charge on any atom is 0.258 e. The number of fused-ring (bicyclic) bond motifs is 2. The summed E-state index contributed by atoms with van der Waals surface area (Å²) in [4.78, 5) is 15.6. The highest BCUT2D eigenvalue weighted by molar-refractivity contribution is 6.07. The number of furan rings is 1. The molecule has 0 aliphatic carbocycles. The Morgan fingerprint density at radius 2 is 1.89 bits per heavy atom. The lowest BCUT2D eigenvalue weighted by Gasteiger charge is -2.21. The van der Waals surface area contributed by atoms with Crippen molar-refractivity contribution < 1.29 is 13.9 Å². The van der Waals surface area contributed by atoms with Gasteiger partial charge in [-0.05, 0) is 53.9 Å². The minimum atomic E-state index is 0.0128. The number of unbranched alkanes of at least 4 members (excludes halogenated alkanes) is 1. The highest BCUT2D eigenvalue weighted by Gasteiger charge is 2.24. The van der Waals surface area contributed by atoms with Crippen LogP contribution >= 0.6 is 0 Å². The molecule has 2 aromatic heterocycles. The third kappa shape index (κ3) is 4.93. The molecule has 1 amide bonds. The largest absolute Gasteiger partial charge is 0.485 e. The van der Waals surface area contributed by atoms with Crippen LogP contribution in [-0.4, -0.2) is 38.0 Å². The molecule has 2 heterocycles. The van der Waals surface area contributed by atoms with Crippen LogP contribution in [0.1, 0.15) is 54.2 Å². The third-order valence-corrected chi connectivity index (χ3v) is 6.32. The van der Waals surface area contributed by atoms with E-state index in [1.165, 1.54) is 0 Å². The van der Waals surface area contributed by atoms with Crippen molar-refractivity contribution in [2.24, 2.45) is 0 Å². The summed E-state index contributed by atoms with van der Waals surface area (Å²) < 4.78 is 11.9. The molecule has 0 spiro atoms. The first-order chi connectivity index (χ1) is 17.7. The number of nitrogens with zero attached hydrogens (tertiary/aromatic N) is 4. The van der Waals surface area contributed by atoms with Crippen LogP contribution in [-0.2, 0) is 19.6 Å². The van der Waals surface area contributed by atoms with Gasteiger partial charge in [0.05, 0.1) is 5.56 Å². The Kier molecular flexibility index (Phi) is 6.93. The van der Waals surface area contributed by atoms with Crippen molar-refractivity contribution in [3.63, 3.8) is 0 Å². The second kappa shape index (κ2) is 10.6. The molecule has 184 valence electrons. The molecule has 0 aliphatic rings. The molecule has 8 heteroatoms. The Labute approximate surface area is 209 Å². The SMILES string of the molecule is CCCCc1oc2ccccc2c1C(=O)N(CC)Cc1ccc2cc(OCc3nn[nH]n3)ccc2c1. The van der Waals surface area contributed by atoms with E-state index >= 15 is 0 Å². The van der Waals surface area contributed by atoms with Crippen LogP contribution in [0.5, 0.6) is 5.75 Å². The van der Waals surface area contributed by atoms with Crippen LogP contribution in [0.4, 0.5) is 0 Å². The van der Waals surface area contributed by atoms with E-state index in [2.05, 4.69) is 45.7 Å². The van der Waals surface area contributed by atoms with Gasteiger partial charge in [-0.1, -0.05) is 55.0 Å². The molecule has 0 atom stereocenters. The average Bonchev–Trinajstić information content (AvgIpc) is 3.56. The van der Waals surface area contributed by atoms with Gasteiger partial charge in [-0.15, -0.1) is 10.2 Å². The van der Waals surface area contributed by atoms with Crippen molar-refractivity contribution in [3.05, 3.63) is 83.4 Å². The molecule has 0 saturated heterocycles. The zero-order valence-corrected chi connectivity index (χ0v) is 20.5. The van der Waals surface area contributed by atoms with Gasteiger partial charge in [0.1, 0.15) is 17.1 Å². The summed E-state index contributed by atoms with van der Waals surface area (Å²) in [6.45, 7) is 5.53. The zero-order valence-electron chi connectivity index (χ0n) is 20.5. The molecule has 1 N–H and O–H groups in total. The van der Waals surface area contributed by atoms with Crippen LogP contribution in [0, 0.1) is 0 Å². The number of nitrogens with one attached hydrogen (secondary N) is 1. The van der Waals surface area contributed by atoms with Gasteiger partial charge in [0, 0.05) is 24.9 Å². The number of tetrazole rings is 1. The van der Waals surface area contributed by atoms with Gasteiger partial charge in [-0.2, -0.15) is 5.21 Å². The van der Waals surface area contributed by atoms with E-state index in [4.69, 9.17) is 9.15 Å². The summed E-state index contributed by atoms with van der Waals surface area (Å²) in [6, 6.07) is 20.0. The van der Waals surface area contributed by atoms with Gasteiger partial charge in [0.15, 0.2) is 6.61 Å². The Morgan fingerprint density at radius 1 is 1.06 bits per heavy atom. The number of hydrogen-bond donors (Lipinski definition) is 1. The van der Waals surface area contributed by atoms with E-state index < -0.39 is 0 Å². The van der Waals surface area contributed by atoms with Crippen molar-refractivity contribution in [1.82, 2.24) is 25.5 Å². The van der Waals surface area contributed by atoms with Crippen molar-refractivity contribution in [1.29, 1.82) is 0 Å². The Morgan fingerprint density at radius 3 is 2.69 bits per heavy atom. The molecular weight excluding hydrogens is 454 g/mol. The lowest BCUT2D eigenvalue weighted by atomic mass is 10.0. The number of H-pyrrole nitrogens is 1. The van der Waals surface area contributed by atoms with Gasteiger partial charge in [-0.3, -0.25) is 4.79 Å². The van der Waals surface area contributed by atoms with Gasteiger partial charge in [0.2, 0.25) is 5.82 Å². The Hall–Kier alpha value is -4.20. The number of para-hydroxylation sites is 1. The normalized spacial score (nSPS) is 11.3. The lowest BCUT2D eigenvalue weighted by molar-refractivity contribution is 0.0752. The fraction of sp³-hybridized carbons (Fsp3) is 0.286. The van der Waals surface area contributed by atoms with Crippen LogP contribution < -0.4 is 4.74 Å².